The lowest BCUT2D eigenvalue weighted by molar-refractivity contribution is 0.343. The first-order valence-corrected chi connectivity index (χ1v) is 5.58. The molecule has 1 aliphatic rings. The highest BCUT2D eigenvalue weighted by atomic mass is 14.6. The molecular weight excluding hydrogens is 144 g/mol. The Labute approximate surface area is 77.7 Å². The Morgan fingerprint density at radius 3 is 2.08 bits per heavy atom. The summed E-state index contributed by atoms with van der Waals surface area (Å²) in [5.41, 5.74) is 1.40. The smallest absolute Gasteiger partial charge is 0.0266 e. The molecule has 1 saturated carbocycles. The molecule has 1 fully saturated rings. The lowest BCUT2D eigenvalue weighted by Crippen LogP contribution is -2.06. The fourth-order valence-corrected chi connectivity index (χ4v) is 2.52. The van der Waals surface area contributed by atoms with Crippen LogP contribution in [0.15, 0.2) is 0 Å². The molecule has 0 radical (unpaired) electrons. The zero-order valence-corrected chi connectivity index (χ0v) is 9.24. The minimum absolute atomic E-state index is 0.695. The Hall–Kier alpha value is 0. The van der Waals surface area contributed by atoms with E-state index in [-0.39, 0.29) is 0 Å². The van der Waals surface area contributed by atoms with Gasteiger partial charge in [-0.25, -0.2) is 0 Å². The van der Waals surface area contributed by atoms with Crippen molar-refractivity contribution in [2.24, 2.45) is 10.8 Å². The second-order valence-electron chi connectivity index (χ2n) is 5.11. The predicted octanol–water partition coefficient (Wildman–Crippen LogP) is 4.39. The summed E-state index contributed by atoms with van der Waals surface area (Å²) in [4.78, 5) is 0. The van der Waals surface area contributed by atoms with Gasteiger partial charge in [0.1, 0.15) is 0 Å². The van der Waals surface area contributed by atoms with Gasteiger partial charge < -0.3 is 0 Å². The maximum atomic E-state index is 2.48. The van der Waals surface area contributed by atoms with Crippen molar-refractivity contribution in [1.29, 1.82) is 0 Å². The SMILES string of the molecule is CCCCCC1(C)CC1(C)CC. The molecule has 12 heavy (non-hydrogen) atoms. The van der Waals surface area contributed by atoms with Gasteiger partial charge in [0, 0.05) is 0 Å². The maximum absolute atomic E-state index is 2.48. The average Bonchev–Trinajstić information content (AvgIpc) is 2.57. The molecule has 0 heterocycles. The van der Waals surface area contributed by atoms with Crippen LogP contribution in [0.3, 0.4) is 0 Å². The lowest BCUT2D eigenvalue weighted by Gasteiger charge is -2.16. The Bertz CT molecular complexity index is 150. The molecule has 0 bridgehead atoms. The van der Waals surface area contributed by atoms with Gasteiger partial charge in [-0.05, 0) is 23.7 Å². The van der Waals surface area contributed by atoms with Gasteiger partial charge in [0.25, 0.3) is 0 Å². The summed E-state index contributed by atoms with van der Waals surface area (Å²) in [6, 6.07) is 0. The quantitative estimate of drug-likeness (QED) is 0.534. The minimum Gasteiger partial charge on any atom is -0.0654 e. The second kappa shape index (κ2) is 3.40. The summed E-state index contributed by atoms with van der Waals surface area (Å²) < 4.78 is 0. The van der Waals surface area contributed by atoms with Crippen molar-refractivity contribution < 1.29 is 0 Å². The predicted molar refractivity (Wildman–Crippen MR) is 55.3 cm³/mol. The van der Waals surface area contributed by atoms with Gasteiger partial charge in [-0.15, -0.1) is 0 Å². The molecule has 72 valence electrons. The van der Waals surface area contributed by atoms with Crippen LogP contribution in [0.2, 0.25) is 0 Å². The molecule has 0 heteroatoms. The molecule has 0 N–H and O–H groups in total. The van der Waals surface area contributed by atoms with Gasteiger partial charge >= 0.3 is 0 Å². The first-order valence-electron chi connectivity index (χ1n) is 5.58. The summed E-state index contributed by atoms with van der Waals surface area (Å²) >= 11 is 0. The van der Waals surface area contributed by atoms with Crippen LogP contribution in [0, 0.1) is 10.8 Å². The van der Waals surface area contributed by atoms with E-state index in [0.29, 0.717) is 10.8 Å². The summed E-state index contributed by atoms with van der Waals surface area (Å²) in [6.07, 6.45) is 8.54. The van der Waals surface area contributed by atoms with Crippen molar-refractivity contribution in [3.63, 3.8) is 0 Å². The van der Waals surface area contributed by atoms with E-state index in [4.69, 9.17) is 0 Å². The zero-order valence-electron chi connectivity index (χ0n) is 9.24. The van der Waals surface area contributed by atoms with Crippen LogP contribution < -0.4 is 0 Å². The third-order valence-corrected chi connectivity index (χ3v) is 4.22. The molecule has 0 saturated heterocycles. The number of hydrogen-bond acceptors (Lipinski definition) is 0. The molecule has 2 unspecified atom stereocenters. The van der Waals surface area contributed by atoms with E-state index in [1.807, 2.05) is 0 Å². The summed E-state index contributed by atoms with van der Waals surface area (Å²) in [6.45, 7) is 9.56. The fourth-order valence-electron chi connectivity index (χ4n) is 2.52. The van der Waals surface area contributed by atoms with Crippen molar-refractivity contribution in [3.8, 4) is 0 Å². The molecule has 0 aliphatic heterocycles. The standard InChI is InChI=1S/C12H24/c1-5-7-8-9-12(4)10-11(12,3)6-2/h5-10H2,1-4H3. The number of hydrogen-bond donors (Lipinski definition) is 0. The molecule has 0 spiro atoms. The third-order valence-electron chi connectivity index (χ3n) is 4.22. The normalized spacial score (nSPS) is 40.0. The van der Waals surface area contributed by atoms with E-state index in [0.717, 1.165) is 0 Å². The van der Waals surface area contributed by atoms with Gasteiger partial charge in [0.05, 0.1) is 0 Å². The highest BCUT2D eigenvalue weighted by Gasteiger charge is 2.58. The molecule has 2 atom stereocenters. The number of unbranched alkanes of at least 4 members (excludes halogenated alkanes) is 2. The van der Waals surface area contributed by atoms with E-state index in [1.165, 1.54) is 38.5 Å². The van der Waals surface area contributed by atoms with Crippen molar-refractivity contribution in [3.05, 3.63) is 0 Å². The highest BCUT2D eigenvalue weighted by molar-refractivity contribution is 5.07. The molecule has 1 rings (SSSR count). The van der Waals surface area contributed by atoms with Crippen LogP contribution in [0.4, 0.5) is 0 Å². The van der Waals surface area contributed by atoms with Crippen LogP contribution in [-0.4, -0.2) is 0 Å². The van der Waals surface area contributed by atoms with Crippen molar-refractivity contribution in [1.82, 2.24) is 0 Å². The third kappa shape index (κ3) is 1.67. The molecule has 0 amide bonds. The molecule has 0 aromatic heterocycles. The summed E-state index contributed by atoms with van der Waals surface area (Å²) in [7, 11) is 0. The van der Waals surface area contributed by atoms with E-state index in [2.05, 4.69) is 27.7 Å². The van der Waals surface area contributed by atoms with Crippen molar-refractivity contribution in [2.45, 2.75) is 66.2 Å². The average molecular weight is 168 g/mol. The minimum atomic E-state index is 0.695. The topological polar surface area (TPSA) is 0 Å². The van der Waals surface area contributed by atoms with Crippen molar-refractivity contribution in [2.75, 3.05) is 0 Å². The van der Waals surface area contributed by atoms with Crippen LogP contribution >= 0.6 is 0 Å². The van der Waals surface area contributed by atoms with Crippen LogP contribution in [-0.2, 0) is 0 Å². The van der Waals surface area contributed by atoms with Gasteiger partial charge in [-0.3, -0.25) is 0 Å². The van der Waals surface area contributed by atoms with Gasteiger partial charge in [0.2, 0.25) is 0 Å². The fraction of sp³-hybridized carbons (Fsp3) is 1.00. The number of rotatable bonds is 5. The lowest BCUT2D eigenvalue weighted by atomic mass is 9.89. The van der Waals surface area contributed by atoms with Crippen LogP contribution in [0.25, 0.3) is 0 Å². The molecular formula is C12H24. The molecule has 0 aromatic carbocycles. The molecule has 0 nitrogen and oxygen atoms in total. The van der Waals surface area contributed by atoms with E-state index >= 15 is 0 Å². The second-order valence-corrected chi connectivity index (χ2v) is 5.11. The van der Waals surface area contributed by atoms with E-state index in [1.54, 1.807) is 0 Å². The summed E-state index contributed by atoms with van der Waals surface area (Å²) in [5.74, 6) is 0. The Balaban J connectivity index is 2.25. The van der Waals surface area contributed by atoms with E-state index in [9.17, 15) is 0 Å². The largest absolute Gasteiger partial charge is 0.0654 e. The Morgan fingerprint density at radius 2 is 1.67 bits per heavy atom. The maximum Gasteiger partial charge on any atom is -0.0266 e. The van der Waals surface area contributed by atoms with E-state index < -0.39 is 0 Å². The monoisotopic (exact) mass is 168 g/mol. The highest BCUT2D eigenvalue weighted by Crippen LogP contribution is 2.67. The Morgan fingerprint density at radius 1 is 1.00 bits per heavy atom. The molecule has 0 aromatic rings. The van der Waals surface area contributed by atoms with Crippen LogP contribution in [0.5, 0.6) is 0 Å². The summed E-state index contributed by atoms with van der Waals surface area (Å²) in [5, 5.41) is 0. The zero-order chi connectivity index (χ0) is 9.24. The van der Waals surface area contributed by atoms with Crippen LogP contribution in [0.1, 0.15) is 66.2 Å². The van der Waals surface area contributed by atoms with Gasteiger partial charge in [-0.2, -0.15) is 0 Å². The van der Waals surface area contributed by atoms with Gasteiger partial charge in [0.15, 0.2) is 0 Å². The first-order chi connectivity index (χ1) is 5.58. The first kappa shape index (κ1) is 10.1. The molecule has 1 aliphatic carbocycles. The van der Waals surface area contributed by atoms with Gasteiger partial charge in [-0.1, -0.05) is 53.4 Å². The Kier molecular flexibility index (Phi) is 2.85. The van der Waals surface area contributed by atoms with Crippen molar-refractivity contribution >= 4 is 0 Å².